The molecule has 4 fully saturated rings. The standard InChI is InChI=1S/C54H86O14Si/c1-16-30(2)47-33(5)22-23-53(67-47)28-39-25-38(66-53)21-20-32(4)46(64-44-27-42(59-13)49(36(8)62-44)65-43-26-41(58-12)45(55)35(7)61-43)31(3)18-17-19-37-29-60-50-48(68-69(14,15)52(9,10)11)34(6)24-40(51(56)63-39)54(37,50)57/h17-20,22-24,30-31,33,35-36,38-50,55,57H,16,21,25-29H2,1-15H3/t30?,31-,33-,35-,36-,38+,39-,40-,41-,42-,43-,44-,45-,46-,47+,48+,49-,50+,53+,54+/m0/s1. The number of hydrogen-bond donors (Lipinski definition) is 2. The Balaban J connectivity index is 1.22. The van der Waals surface area contributed by atoms with Crippen LogP contribution in [0.1, 0.15) is 115 Å². The van der Waals surface area contributed by atoms with Gasteiger partial charge in [-0.15, -0.1) is 0 Å². The van der Waals surface area contributed by atoms with Crippen LogP contribution in [0.25, 0.3) is 0 Å². The Bertz CT molecular complexity index is 1940. The van der Waals surface area contributed by atoms with Gasteiger partial charge in [0.05, 0.1) is 55.4 Å². The summed E-state index contributed by atoms with van der Waals surface area (Å²) in [4.78, 5) is 14.8. The fourth-order valence-electron chi connectivity index (χ4n) is 11.2. The predicted octanol–water partition coefficient (Wildman–Crippen LogP) is 8.41. The topological polar surface area (TPSA) is 159 Å². The molecule has 2 N–H and O–H groups in total. The van der Waals surface area contributed by atoms with Gasteiger partial charge in [0.15, 0.2) is 26.7 Å². The zero-order valence-electron chi connectivity index (χ0n) is 44.2. The minimum atomic E-state index is -2.37. The smallest absolute Gasteiger partial charge is 0.316 e. The minimum Gasteiger partial charge on any atom is -0.462 e. The Morgan fingerprint density at radius 2 is 1.57 bits per heavy atom. The lowest BCUT2D eigenvalue weighted by Crippen LogP contribution is -2.60. The van der Waals surface area contributed by atoms with Crippen LogP contribution >= 0.6 is 0 Å². The summed E-state index contributed by atoms with van der Waals surface area (Å²) in [6.07, 6.45) is 10.0. The summed E-state index contributed by atoms with van der Waals surface area (Å²) in [5.74, 6) is -2.40. The van der Waals surface area contributed by atoms with Crippen molar-refractivity contribution in [2.75, 3.05) is 20.8 Å². The van der Waals surface area contributed by atoms with Crippen LogP contribution in [-0.4, -0.2) is 143 Å². The van der Waals surface area contributed by atoms with Crippen molar-refractivity contribution < 1.29 is 66.8 Å². The fourth-order valence-corrected chi connectivity index (χ4v) is 12.5. The van der Waals surface area contributed by atoms with Crippen LogP contribution in [0, 0.1) is 23.7 Å². The Labute approximate surface area is 413 Å². The summed E-state index contributed by atoms with van der Waals surface area (Å²) < 4.78 is 71.9. The van der Waals surface area contributed by atoms with Gasteiger partial charge in [-0.3, -0.25) is 4.79 Å². The van der Waals surface area contributed by atoms with Crippen LogP contribution in [0.2, 0.25) is 18.1 Å². The van der Waals surface area contributed by atoms with Gasteiger partial charge in [-0.2, -0.15) is 0 Å². The molecule has 7 aliphatic rings. The first kappa shape index (κ1) is 54.7. The Morgan fingerprint density at radius 3 is 2.25 bits per heavy atom. The molecule has 7 rings (SSSR count). The number of carbonyl (C=O) groups excluding carboxylic acids is 1. The van der Waals surface area contributed by atoms with Crippen molar-refractivity contribution in [1.82, 2.24) is 0 Å². The second kappa shape index (κ2) is 21.8. The number of hydrogen-bond acceptors (Lipinski definition) is 14. The summed E-state index contributed by atoms with van der Waals surface area (Å²) in [5.41, 5.74) is 0.652. The Hall–Kier alpha value is -2.09. The molecule has 0 radical (unpaired) electrons. The number of carbonyl (C=O) groups is 1. The van der Waals surface area contributed by atoms with Gasteiger partial charge in [0, 0.05) is 51.7 Å². The molecule has 0 aromatic carbocycles. The molecule has 390 valence electrons. The van der Waals surface area contributed by atoms with Crippen molar-refractivity contribution in [2.45, 2.75) is 230 Å². The second-order valence-corrected chi connectivity index (χ2v) is 27.6. The molecule has 15 heteroatoms. The molecule has 6 heterocycles. The van der Waals surface area contributed by atoms with Crippen LogP contribution in [0.15, 0.2) is 59.3 Å². The average molecular weight is 987 g/mol. The van der Waals surface area contributed by atoms with Crippen molar-refractivity contribution in [3.05, 3.63) is 59.3 Å². The van der Waals surface area contributed by atoms with Gasteiger partial charge in [-0.1, -0.05) is 91.3 Å². The van der Waals surface area contributed by atoms with Gasteiger partial charge in [-0.25, -0.2) is 0 Å². The van der Waals surface area contributed by atoms with E-state index in [2.05, 4.69) is 86.7 Å². The number of ether oxygens (including phenoxy) is 10. The summed E-state index contributed by atoms with van der Waals surface area (Å²) in [7, 11) is 0.871. The van der Waals surface area contributed by atoms with Crippen molar-refractivity contribution in [3.63, 3.8) is 0 Å². The molecule has 6 aliphatic heterocycles. The van der Waals surface area contributed by atoms with Crippen molar-refractivity contribution in [1.29, 1.82) is 0 Å². The van der Waals surface area contributed by atoms with Gasteiger partial charge >= 0.3 is 5.97 Å². The zero-order chi connectivity index (χ0) is 50.4. The lowest BCUT2D eigenvalue weighted by molar-refractivity contribution is -0.318. The lowest BCUT2D eigenvalue weighted by Gasteiger charge is -2.49. The van der Waals surface area contributed by atoms with E-state index < -0.39 is 99.1 Å². The minimum absolute atomic E-state index is 0.0880. The van der Waals surface area contributed by atoms with Crippen molar-refractivity contribution in [2.24, 2.45) is 23.7 Å². The molecule has 1 spiro atoms. The largest absolute Gasteiger partial charge is 0.462 e. The number of allylic oxidation sites excluding steroid dienone is 2. The second-order valence-electron chi connectivity index (χ2n) is 22.8. The third kappa shape index (κ3) is 11.5. The van der Waals surface area contributed by atoms with E-state index in [1.807, 2.05) is 45.1 Å². The van der Waals surface area contributed by atoms with E-state index in [9.17, 15) is 15.0 Å². The normalized spacial score (nSPS) is 43.9. The third-order valence-corrected chi connectivity index (χ3v) is 21.2. The van der Waals surface area contributed by atoms with Crippen LogP contribution < -0.4 is 0 Å². The molecule has 1 unspecified atom stereocenters. The first-order valence-corrected chi connectivity index (χ1v) is 28.7. The van der Waals surface area contributed by atoms with E-state index in [1.165, 1.54) is 0 Å². The molecular formula is C54H86O14Si. The molecule has 0 aromatic heterocycles. The molecule has 0 aromatic rings. The highest BCUT2D eigenvalue weighted by Gasteiger charge is 2.62. The van der Waals surface area contributed by atoms with Gasteiger partial charge in [-0.05, 0) is 81.0 Å². The van der Waals surface area contributed by atoms with E-state index >= 15 is 0 Å². The number of fused-ring (bicyclic) bond motifs is 2. The van der Waals surface area contributed by atoms with E-state index in [0.29, 0.717) is 37.7 Å². The fraction of sp³-hybridized carbons (Fsp3) is 0.796. The van der Waals surface area contributed by atoms with E-state index in [0.717, 1.165) is 17.6 Å². The van der Waals surface area contributed by atoms with Crippen molar-refractivity contribution in [3.8, 4) is 0 Å². The maximum Gasteiger partial charge on any atom is 0.316 e. The summed E-state index contributed by atoms with van der Waals surface area (Å²) in [6.45, 7) is 27.5. The highest BCUT2D eigenvalue weighted by molar-refractivity contribution is 6.74. The molecule has 20 atom stereocenters. The SMILES string of the molecule is CCC(C)[C@H]1O[C@]2(C=C[C@@H]1C)C[C@@H]1C[C@@H](CC=C(C)[C@@H](O[C@H]3C[C@H](OC)[C@@H](O[C@H]4C[C@H](OC)[C@@H](O)[C@H](C)O4)[C@H](C)O3)[C@@H](C)C=CC=C3CO[C@@H]4[C@H](O[Si](C)(C)C(C)(C)C)C(C)=C[C@@H](C(=O)O1)[C@]34O)O2. The molecule has 0 saturated carbocycles. The van der Waals surface area contributed by atoms with Gasteiger partial charge < -0.3 is 62.0 Å². The maximum atomic E-state index is 14.8. The summed E-state index contributed by atoms with van der Waals surface area (Å²) in [5, 5.41) is 23.7. The highest BCUT2D eigenvalue weighted by atomic mass is 28.4. The Kier molecular flexibility index (Phi) is 17.3. The van der Waals surface area contributed by atoms with Crippen LogP contribution in [-0.2, 0) is 56.6 Å². The van der Waals surface area contributed by atoms with Crippen molar-refractivity contribution >= 4 is 14.3 Å². The summed E-state index contributed by atoms with van der Waals surface area (Å²) in [6, 6.07) is 0. The maximum absolute atomic E-state index is 14.8. The van der Waals surface area contributed by atoms with Gasteiger partial charge in [0.25, 0.3) is 0 Å². The molecule has 2 bridgehead atoms. The van der Waals surface area contributed by atoms with Crippen LogP contribution in [0.3, 0.4) is 0 Å². The Morgan fingerprint density at radius 1 is 0.884 bits per heavy atom. The average Bonchev–Trinajstić information content (AvgIpc) is 3.63. The number of rotatable bonds is 10. The molecular weight excluding hydrogens is 901 g/mol. The quantitative estimate of drug-likeness (QED) is 0.122. The molecule has 14 nitrogen and oxygen atoms in total. The third-order valence-electron chi connectivity index (χ3n) is 16.7. The number of esters is 1. The zero-order valence-corrected chi connectivity index (χ0v) is 45.2. The monoisotopic (exact) mass is 987 g/mol. The molecule has 4 saturated heterocycles. The number of aliphatic hydroxyl groups is 2. The van der Waals surface area contributed by atoms with E-state index in [1.54, 1.807) is 14.2 Å². The van der Waals surface area contributed by atoms with Gasteiger partial charge in [0.2, 0.25) is 0 Å². The highest BCUT2D eigenvalue weighted by Crippen LogP contribution is 2.50. The van der Waals surface area contributed by atoms with E-state index in [4.69, 9.17) is 51.8 Å². The van der Waals surface area contributed by atoms with Gasteiger partial charge in [0.1, 0.15) is 35.9 Å². The lowest BCUT2D eigenvalue weighted by atomic mass is 9.71. The number of methoxy groups -OCH3 is 2. The van der Waals surface area contributed by atoms with E-state index in [-0.39, 0.29) is 47.7 Å². The summed E-state index contributed by atoms with van der Waals surface area (Å²) >= 11 is 0. The van der Waals surface area contributed by atoms with Crippen LogP contribution in [0.5, 0.6) is 0 Å². The molecule has 0 amide bonds. The predicted molar refractivity (Wildman–Crippen MR) is 263 cm³/mol. The first-order chi connectivity index (χ1) is 32.4. The molecule has 1 aliphatic carbocycles. The first-order valence-electron chi connectivity index (χ1n) is 25.8. The van der Waals surface area contributed by atoms with Crippen LogP contribution in [0.4, 0.5) is 0 Å². The number of aliphatic hydroxyl groups excluding tert-OH is 1. The molecule has 69 heavy (non-hydrogen) atoms.